The number of hydrogen-bond acceptors (Lipinski definition) is 4. The van der Waals surface area contributed by atoms with Gasteiger partial charge < -0.3 is 15.2 Å². The molecule has 1 atom stereocenters. The number of amides is 1. The normalized spacial score (nSPS) is 17.0. The van der Waals surface area contributed by atoms with Crippen LogP contribution in [0.3, 0.4) is 0 Å². The molecule has 0 saturated carbocycles. The third-order valence-electron chi connectivity index (χ3n) is 4.73. The van der Waals surface area contributed by atoms with E-state index in [9.17, 15) is 4.79 Å². The monoisotopic (exact) mass is 340 g/mol. The van der Waals surface area contributed by atoms with Crippen LogP contribution in [0.4, 0.5) is 0 Å². The molecule has 2 aromatic carbocycles. The lowest BCUT2D eigenvalue weighted by atomic mass is 9.87. The van der Waals surface area contributed by atoms with Crippen molar-refractivity contribution in [1.82, 2.24) is 4.90 Å². The van der Waals surface area contributed by atoms with Gasteiger partial charge in [-0.05, 0) is 35.2 Å². The molecule has 1 aliphatic rings. The Labute approximate surface area is 148 Å². The van der Waals surface area contributed by atoms with Crippen molar-refractivity contribution < 1.29 is 14.3 Å². The first-order chi connectivity index (χ1) is 12.1. The van der Waals surface area contributed by atoms with E-state index in [0.717, 1.165) is 24.5 Å². The molecule has 3 rings (SSSR count). The summed E-state index contributed by atoms with van der Waals surface area (Å²) in [6.07, 6.45) is 1.25. The van der Waals surface area contributed by atoms with E-state index in [2.05, 4.69) is 29.2 Å². The molecule has 132 valence electrons. The number of rotatable bonds is 6. The van der Waals surface area contributed by atoms with Crippen LogP contribution in [-0.4, -0.2) is 38.1 Å². The van der Waals surface area contributed by atoms with E-state index in [1.54, 1.807) is 14.2 Å². The molecule has 1 amide bonds. The summed E-state index contributed by atoms with van der Waals surface area (Å²) in [4.78, 5) is 13.6. The molecule has 0 aliphatic carbocycles. The van der Waals surface area contributed by atoms with Gasteiger partial charge in [0.05, 0.1) is 20.3 Å². The maximum Gasteiger partial charge on any atom is 0.218 e. The van der Waals surface area contributed by atoms with Gasteiger partial charge in [-0.1, -0.05) is 30.3 Å². The predicted octanol–water partition coefficient (Wildman–Crippen LogP) is 2.53. The van der Waals surface area contributed by atoms with Crippen LogP contribution in [0.2, 0.25) is 0 Å². The Morgan fingerprint density at radius 2 is 1.84 bits per heavy atom. The molecule has 0 unspecified atom stereocenters. The summed E-state index contributed by atoms with van der Waals surface area (Å²) < 4.78 is 11.0. The Morgan fingerprint density at radius 3 is 2.48 bits per heavy atom. The molecule has 0 saturated heterocycles. The zero-order valence-corrected chi connectivity index (χ0v) is 14.7. The molecule has 0 radical (unpaired) electrons. The van der Waals surface area contributed by atoms with Crippen molar-refractivity contribution in [2.24, 2.45) is 5.73 Å². The third kappa shape index (κ3) is 3.61. The number of methoxy groups -OCH3 is 2. The number of primary amides is 1. The average Bonchev–Trinajstić information content (AvgIpc) is 2.65. The molecule has 25 heavy (non-hydrogen) atoms. The molecular formula is C20H24N2O3. The first-order valence-electron chi connectivity index (χ1n) is 8.46. The fraction of sp³-hybridized carbons (Fsp3) is 0.350. The van der Waals surface area contributed by atoms with Crippen molar-refractivity contribution in [1.29, 1.82) is 0 Å². The van der Waals surface area contributed by atoms with E-state index in [1.165, 1.54) is 16.7 Å². The fourth-order valence-corrected chi connectivity index (χ4v) is 3.52. The average molecular weight is 340 g/mol. The Balaban J connectivity index is 2.05. The number of nitrogens with two attached hydrogens (primary N) is 1. The highest BCUT2D eigenvalue weighted by molar-refractivity contribution is 5.73. The summed E-state index contributed by atoms with van der Waals surface area (Å²) >= 11 is 0. The van der Waals surface area contributed by atoms with Crippen LogP contribution in [0.1, 0.15) is 29.2 Å². The lowest BCUT2D eigenvalue weighted by Crippen LogP contribution is -2.38. The van der Waals surface area contributed by atoms with E-state index < -0.39 is 0 Å². The highest BCUT2D eigenvalue weighted by Gasteiger charge is 2.30. The van der Waals surface area contributed by atoms with Crippen LogP contribution in [0.5, 0.6) is 11.5 Å². The molecule has 0 spiro atoms. The van der Waals surface area contributed by atoms with Crippen molar-refractivity contribution in [3.8, 4) is 11.5 Å². The van der Waals surface area contributed by atoms with E-state index >= 15 is 0 Å². The molecule has 1 aliphatic heterocycles. The summed E-state index contributed by atoms with van der Waals surface area (Å²) in [7, 11) is 3.30. The number of hydrogen-bond donors (Lipinski definition) is 1. The molecular weight excluding hydrogens is 316 g/mol. The smallest absolute Gasteiger partial charge is 0.218 e. The Kier molecular flexibility index (Phi) is 5.24. The lowest BCUT2D eigenvalue weighted by Gasteiger charge is -2.38. The number of benzene rings is 2. The highest BCUT2D eigenvalue weighted by Crippen LogP contribution is 2.40. The minimum atomic E-state index is -0.273. The standard InChI is InChI=1S/C20H24N2O3/c1-24-17-12-15-8-10-22(11-9-19(21)23)20(14-6-4-3-5-7-14)16(15)13-18(17)25-2/h3-7,12-13,20H,8-11H2,1-2H3,(H2,21,23)/t20-/m0/s1. The minimum absolute atomic E-state index is 0.0732. The van der Waals surface area contributed by atoms with Gasteiger partial charge in [0.2, 0.25) is 5.91 Å². The Bertz CT molecular complexity index is 746. The van der Waals surface area contributed by atoms with Crippen LogP contribution in [-0.2, 0) is 11.2 Å². The van der Waals surface area contributed by atoms with Crippen molar-refractivity contribution in [3.05, 3.63) is 59.2 Å². The molecule has 0 aromatic heterocycles. The first kappa shape index (κ1) is 17.3. The van der Waals surface area contributed by atoms with Gasteiger partial charge in [-0.15, -0.1) is 0 Å². The number of fused-ring (bicyclic) bond motifs is 1. The van der Waals surface area contributed by atoms with Crippen molar-refractivity contribution >= 4 is 5.91 Å². The topological polar surface area (TPSA) is 64.8 Å². The van der Waals surface area contributed by atoms with Crippen molar-refractivity contribution in [2.75, 3.05) is 27.3 Å². The van der Waals surface area contributed by atoms with Crippen molar-refractivity contribution in [3.63, 3.8) is 0 Å². The summed E-state index contributed by atoms with van der Waals surface area (Å²) in [5.41, 5.74) is 9.01. The maximum atomic E-state index is 11.3. The number of carbonyl (C=O) groups excluding carboxylic acids is 1. The zero-order chi connectivity index (χ0) is 17.8. The fourth-order valence-electron chi connectivity index (χ4n) is 3.52. The second-order valence-electron chi connectivity index (χ2n) is 6.22. The predicted molar refractivity (Wildman–Crippen MR) is 96.9 cm³/mol. The summed E-state index contributed by atoms with van der Waals surface area (Å²) in [5, 5.41) is 0. The molecule has 2 aromatic rings. The Morgan fingerprint density at radius 1 is 1.16 bits per heavy atom. The van der Waals surface area contributed by atoms with Crippen LogP contribution in [0.15, 0.2) is 42.5 Å². The van der Waals surface area contributed by atoms with Crippen LogP contribution in [0.25, 0.3) is 0 Å². The lowest BCUT2D eigenvalue weighted by molar-refractivity contribution is -0.118. The highest BCUT2D eigenvalue weighted by atomic mass is 16.5. The molecule has 5 nitrogen and oxygen atoms in total. The van der Waals surface area contributed by atoms with Gasteiger partial charge >= 0.3 is 0 Å². The summed E-state index contributed by atoms with van der Waals surface area (Å²) in [6, 6.07) is 14.5. The SMILES string of the molecule is COc1cc2c(cc1OC)[C@H](c1ccccc1)N(CCC(N)=O)CC2. The summed E-state index contributed by atoms with van der Waals surface area (Å²) in [5.74, 6) is 1.20. The molecule has 1 heterocycles. The molecule has 2 N–H and O–H groups in total. The van der Waals surface area contributed by atoms with Gasteiger partial charge in [0.25, 0.3) is 0 Å². The molecule has 0 fully saturated rings. The van der Waals surface area contributed by atoms with Crippen LogP contribution < -0.4 is 15.2 Å². The third-order valence-corrected chi connectivity index (χ3v) is 4.73. The van der Waals surface area contributed by atoms with Gasteiger partial charge in [0.1, 0.15) is 0 Å². The first-order valence-corrected chi connectivity index (χ1v) is 8.46. The number of nitrogens with zero attached hydrogens (tertiary/aromatic N) is 1. The van der Waals surface area contributed by atoms with E-state index in [4.69, 9.17) is 15.2 Å². The van der Waals surface area contributed by atoms with Crippen LogP contribution >= 0.6 is 0 Å². The van der Waals surface area contributed by atoms with Gasteiger partial charge in [-0.3, -0.25) is 9.69 Å². The second kappa shape index (κ2) is 7.57. The zero-order valence-electron chi connectivity index (χ0n) is 14.7. The Hall–Kier alpha value is -2.53. The van der Waals surface area contributed by atoms with Gasteiger partial charge in [-0.2, -0.15) is 0 Å². The largest absolute Gasteiger partial charge is 0.493 e. The van der Waals surface area contributed by atoms with Crippen molar-refractivity contribution in [2.45, 2.75) is 18.9 Å². The van der Waals surface area contributed by atoms with E-state index in [1.807, 2.05) is 18.2 Å². The molecule has 5 heteroatoms. The van der Waals surface area contributed by atoms with Gasteiger partial charge in [-0.25, -0.2) is 0 Å². The van der Waals surface area contributed by atoms with Crippen LogP contribution in [0, 0.1) is 0 Å². The van der Waals surface area contributed by atoms with Gasteiger partial charge in [0, 0.05) is 19.5 Å². The minimum Gasteiger partial charge on any atom is -0.493 e. The quantitative estimate of drug-likeness (QED) is 0.878. The molecule has 0 bridgehead atoms. The van der Waals surface area contributed by atoms with E-state index in [-0.39, 0.29) is 11.9 Å². The maximum absolute atomic E-state index is 11.3. The number of ether oxygens (including phenoxy) is 2. The second-order valence-corrected chi connectivity index (χ2v) is 6.22. The summed E-state index contributed by atoms with van der Waals surface area (Å²) in [6.45, 7) is 1.51. The number of carbonyl (C=O) groups is 1. The van der Waals surface area contributed by atoms with Gasteiger partial charge in [0.15, 0.2) is 11.5 Å². The van der Waals surface area contributed by atoms with E-state index in [0.29, 0.717) is 13.0 Å².